The second kappa shape index (κ2) is 6.93. The van der Waals surface area contributed by atoms with Gasteiger partial charge in [0.15, 0.2) is 0 Å². The topological polar surface area (TPSA) is 33.5 Å². The zero-order valence-electron chi connectivity index (χ0n) is 12.3. The van der Waals surface area contributed by atoms with E-state index >= 15 is 0 Å². The molecule has 0 radical (unpaired) electrons. The molecule has 1 aromatic heterocycles. The molecule has 1 fully saturated rings. The van der Waals surface area contributed by atoms with Crippen LogP contribution in [0.4, 0.5) is 4.39 Å². The maximum absolute atomic E-state index is 13.2. The lowest BCUT2D eigenvalue weighted by Crippen LogP contribution is -2.27. The predicted octanol–water partition coefficient (Wildman–Crippen LogP) is 5.13. The molecule has 7 heteroatoms. The highest BCUT2D eigenvalue weighted by atomic mass is 35.5. The molecule has 3 rings (SSSR count). The summed E-state index contributed by atoms with van der Waals surface area (Å²) in [6.07, 6.45) is 3.26. The normalized spacial score (nSPS) is 16.2. The number of carbonyl (C=O) groups is 1. The molecule has 1 amide bonds. The van der Waals surface area contributed by atoms with E-state index in [2.05, 4.69) is 6.58 Å². The van der Waals surface area contributed by atoms with Crippen LogP contribution in [0.2, 0.25) is 5.02 Å². The van der Waals surface area contributed by atoms with E-state index in [0.29, 0.717) is 32.9 Å². The molecular weight excluding hydrogens is 369 g/mol. The summed E-state index contributed by atoms with van der Waals surface area (Å²) in [6.45, 7) is 3.99. The number of thioether (sulfide) groups is 1. The van der Waals surface area contributed by atoms with Gasteiger partial charge in [0.25, 0.3) is 5.91 Å². The number of furan rings is 1. The van der Waals surface area contributed by atoms with Crippen LogP contribution in [-0.2, 0) is 4.79 Å². The predicted molar refractivity (Wildman–Crippen MR) is 99.2 cm³/mol. The molecule has 1 aliphatic heterocycles. The van der Waals surface area contributed by atoms with Crippen molar-refractivity contribution in [2.45, 2.75) is 0 Å². The van der Waals surface area contributed by atoms with Gasteiger partial charge >= 0.3 is 0 Å². The number of carbonyl (C=O) groups excluding carboxylic acids is 1. The summed E-state index contributed by atoms with van der Waals surface area (Å²) in [4.78, 5) is 14.2. The van der Waals surface area contributed by atoms with E-state index in [0.717, 1.165) is 0 Å². The molecule has 1 aromatic carbocycles. The summed E-state index contributed by atoms with van der Waals surface area (Å²) in [5, 5.41) is 0.0238. The molecule has 2 heterocycles. The van der Waals surface area contributed by atoms with Crippen molar-refractivity contribution in [1.82, 2.24) is 4.90 Å². The smallest absolute Gasteiger partial charge is 0.266 e. The molecule has 0 saturated carbocycles. The first kappa shape index (κ1) is 17.0. The van der Waals surface area contributed by atoms with Gasteiger partial charge in [-0.1, -0.05) is 41.7 Å². The molecule has 122 valence electrons. The van der Waals surface area contributed by atoms with E-state index in [1.807, 2.05) is 0 Å². The van der Waals surface area contributed by atoms with E-state index in [9.17, 15) is 9.18 Å². The Bertz CT molecular complexity index is 875. The highest BCUT2D eigenvalue weighted by Gasteiger charge is 2.31. The van der Waals surface area contributed by atoms with Gasteiger partial charge in [-0.05, 0) is 30.3 Å². The number of hydrogen-bond acceptors (Lipinski definition) is 4. The lowest BCUT2D eigenvalue weighted by atomic mass is 10.2. The molecular formula is C17H11ClFNO2S2. The van der Waals surface area contributed by atoms with Crippen LogP contribution >= 0.6 is 35.6 Å². The standard InChI is InChI=1S/C17H11ClFNO2S2/c1-2-7-20-16(21)15(24-17(20)23)9-11-4-6-14(22-11)10-3-5-13(19)12(18)8-10/h2-6,8-9H,1,7H2. The number of rotatable bonds is 4. The van der Waals surface area contributed by atoms with Crippen molar-refractivity contribution >= 4 is 51.9 Å². The Morgan fingerprint density at radius 2 is 2.17 bits per heavy atom. The Morgan fingerprint density at radius 1 is 1.38 bits per heavy atom. The maximum Gasteiger partial charge on any atom is 0.266 e. The zero-order chi connectivity index (χ0) is 17.3. The van der Waals surface area contributed by atoms with Crippen LogP contribution in [-0.4, -0.2) is 21.7 Å². The Labute approximate surface area is 152 Å². The molecule has 1 saturated heterocycles. The van der Waals surface area contributed by atoms with Crippen molar-refractivity contribution in [2.24, 2.45) is 0 Å². The lowest BCUT2D eigenvalue weighted by Gasteiger charge is -2.10. The van der Waals surface area contributed by atoms with Gasteiger partial charge < -0.3 is 4.42 Å². The highest BCUT2D eigenvalue weighted by Crippen LogP contribution is 2.33. The van der Waals surface area contributed by atoms with Crippen LogP contribution in [0, 0.1) is 5.82 Å². The first-order valence-electron chi connectivity index (χ1n) is 6.91. The maximum atomic E-state index is 13.2. The first-order chi connectivity index (χ1) is 11.5. The van der Waals surface area contributed by atoms with Crippen molar-refractivity contribution in [3.8, 4) is 11.3 Å². The second-order valence-electron chi connectivity index (χ2n) is 4.91. The van der Waals surface area contributed by atoms with Gasteiger partial charge in [-0.2, -0.15) is 0 Å². The largest absolute Gasteiger partial charge is 0.457 e. The third-order valence-electron chi connectivity index (χ3n) is 3.29. The number of halogens is 2. The van der Waals surface area contributed by atoms with Gasteiger partial charge in [-0.3, -0.25) is 9.69 Å². The third kappa shape index (κ3) is 3.31. The van der Waals surface area contributed by atoms with Gasteiger partial charge in [-0.25, -0.2) is 4.39 Å². The number of nitrogens with zero attached hydrogens (tertiary/aromatic N) is 1. The van der Waals surface area contributed by atoms with Crippen LogP contribution in [0.3, 0.4) is 0 Å². The Hall–Kier alpha value is -1.89. The first-order valence-corrected chi connectivity index (χ1v) is 8.51. The van der Waals surface area contributed by atoms with Gasteiger partial charge in [0, 0.05) is 18.2 Å². The Morgan fingerprint density at radius 3 is 2.88 bits per heavy atom. The molecule has 0 aliphatic carbocycles. The monoisotopic (exact) mass is 379 g/mol. The van der Waals surface area contributed by atoms with Crippen molar-refractivity contribution in [2.75, 3.05) is 6.54 Å². The Balaban J connectivity index is 1.86. The van der Waals surface area contributed by atoms with Gasteiger partial charge in [0.2, 0.25) is 0 Å². The molecule has 2 aromatic rings. The van der Waals surface area contributed by atoms with E-state index in [1.54, 1.807) is 30.4 Å². The SMILES string of the molecule is C=CCN1C(=O)C(=Cc2ccc(-c3ccc(F)c(Cl)c3)o2)SC1=S. The molecule has 0 N–H and O–H groups in total. The third-order valence-corrected chi connectivity index (χ3v) is 4.96. The molecule has 0 spiro atoms. The van der Waals surface area contributed by atoms with Gasteiger partial charge in [-0.15, -0.1) is 6.58 Å². The van der Waals surface area contributed by atoms with Crippen molar-refractivity contribution in [3.05, 3.63) is 64.5 Å². The highest BCUT2D eigenvalue weighted by molar-refractivity contribution is 8.26. The summed E-state index contributed by atoms with van der Waals surface area (Å²) in [6, 6.07) is 7.81. The van der Waals surface area contributed by atoms with Gasteiger partial charge in [0.1, 0.15) is 21.7 Å². The second-order valence-corrected chi connectivity index (χ2v) is 6.99. The molecule has 3 nitrogen and oxygen atoms in total. The van der Waals surface area contributed by atoms with E-state index in [1.165, 1.54) is 28.8 Å². The summed E-state index contributed by atoms with van der Waals surface area (Å²) >= 11 is 12.2. The minimum Gasteiger partial charge on any atom is -0.457 e. The summed E-state index contributed by atoms with van der Waals surface area (Å²) in [5.41, 5.74) is 0.653. The van der Waals surface area contributed by atoms with Crippen LogP contribution in [0.5, 0.6) is 0 Å². The van der Waals surface area contributed by atoms with Crippen molar-refractivity contribution in [3.63, 3.8) is 0 Å². The zero-order valence-corrected chi connectivity index (χ0v) is 14.7. The molecule has 0 unspecified atom stereocenters. The van der Waals surface area contributed by atoms with E-state index < -0.39 is 5.82 Å². The van der Waals surface area contributed by atoms with Crippen LogP contribution in [0.25, 0.3) is 17.4 Å². The average Bonchev–Trinajstić information content (AvgIpc) is 3.11. The number of thiocarbonyl (C=S) groups is 1. The summed E-state index contributed by atoms with van der Waals surface area (Å²) in [5.74, 6) is 0.375. The van der Waals surface area contributed by atoms with Gasteiger partial charge in [0.05, 0.1) is 9.93 Å². The van der Waals surface area contributed by atoms with E-state index in [-0.39, 0.29) is 10.9 Å². The number of hydrogen-bond donors (Lipinski definition) is 0. The fraction of sp³-hybridized carbons (Fsp3) is 0.0588. The fourth-order valence-corrected chi connectivity index (χ4v) is 3.59. The van der Waals surface area contributed by atoms with Crippen molar-refractivity contribution in [1.29, 1.82) is 0 Å². The number of amides is 1. The minimum atomic E-state index is -0.488. The van der Waals surface area contributed by atoms with Crippen LogP contribution < -0.4 is 0 Å². The lowest BCUT2D eigenvalue weighted by molar-refractivity contribution is -0.121. The van der Waals surface area contributed by atoms with E-state index in [4.69, 9.17) is 28.2 Å². The van der Waals surface area contributed by atoms with Crippen LogP contribution in [0.15, 0.2) is 52.3 Å². The number of benzene rings is 1. The molecule has 1 aliphatic rings. The van der Waals surface area contributed by atoms with Crippen LogP contribution in [0.1, 0.15) is 5.76 Å². The summed E-state index contributed by atoms with van der Waals surface area (Å²) in [7, 11) is 0. The average molecular weight is 380 g/mol. The fourth-order valence-electron chi connectivity index (χ4n) is 2.15. The minimum absolute atomic E-state index is 0.0238. The Kier molecular flexibility index (Phi) is 4.89. The van der Waals surface area contributed by atoms with Crippen molar-refractivity contribution < 1.29 is 13.6 Å². The quantitative estimate of drug-likeness (QED) is 0.419. The molecule has 0 atom stereocenters. The summed E-state index contributed by atoms with van der Waals surface area (Å²) < 4.78 is 19.4. The molecule has 24 heavy (non-hydrogen) atoms. The molecule has 0 bridgehead atoms.